The van der Waals surface area contributed by atoms with Crippen LogP contribution in [0.1, 0.15) is 18.4 Å². The number of hydrogen-bond acceptors (Lipinski definition) is 4. The summed E-state index contributed by atoms with van der Waals surface area (Å²) in [6.45, 7) is 5.64. The van der Waals surface area contributed by atoms with Gasteiger partial charge in [-0.3, -0.25) is 9.59 Å². The SMILES string of the molecule is C=CC(=O)N(C)CC(=O)N1CC(C)c2ccc(S(N)(=O)=O)cc21. The number of sulfonamides is 1. The van der Waals surface area contributed by atoms with Crippen LogP contribution in [0.5, 0.6) is 0 Å². The Morgan fingerprint density at radius 2 is 2.13 bits per heavy atom. The lowest BCUT2D eigenvalue weighted by molar-refractivity contribution is -0.130. The van der Waals surface area contributed by atoms with Gasteiger partial charge in [-0.25, -0.2) is 13.6 Å². The molecule has 1 aliphatic heterocycles. The normalized spacial score (nSPS) is 16.8. The number of nitrogens with two attached hydrogens (primary N) is 1. The van der Waals surface area contributed by atoms with Gasteiger partial charge >= 0.3 is 0 Å². The van der Waals surface area contributed by atoms with Crippen molar-refractivity contribution in [2.24, 2.45) is 5.14 Å². The van der Waals surface area contributed by atoms with Crippen LogP contribution in [-0.2, 0) is 19.6 Å². The van der Waals surface area contributed by atoms with E-state index in [1.54, 1.807) is 6.07 Å². The van der Waals surface area contributed by atoms with E-state index in [0.29, 0.717) is 12.2 Å². The topological polar surface area (TPSA) is 101 Å². The summed E-state index contributed by atoms with van der Waals surface area (Å²) in [5, 5.41) is 5.15. The summed E-state index contributed by atoms with van der Waals surface area (Å²) in [7, 11) is -2.34. The van der Waals surface area contributed by atoms with Gasteiger partial charge in [-0.05, 0) is 23.8 Å². The van der Waals surface area contributed by atoms with Crippen molar-refractivity contribution >= 4 is 27.5 Å². The molecule has 1 atom stereocenters. The molecule has 0 bridgehead atoms. The Hall–Kier alpha value is -2.19. The fourth-order valence-electron chi connectivity index (χ4n) is 2.58. The van der Waals surface area contributed by atoms with E-state index in [2.05, 4.69) is 6.58 Å². The van der Waals surface area contributed by atoms with Crippen molar-refractivity contribution in [3.05, 3.63) is 36.4 Å². The minimum atomic E-state index is -3.85. The zero-order valence-corrected chi connectivity index (χ0v) is 13.8. The molecule has 1 aliphatic rings. The molecule has 1 aromatic carbocycles. The molecule has 7 nitrogen and oxygen atoms in total. The minimum Gasteiger partial charge on any atom is -0.333 e. The van der Waals surface area contributed by atoms with Gasteiger partial charge < -0.3 is 9.80 Å². The van der Waals surface area contributed by atoms with Crippen LogP contribution in [0, 0.1) is 0 Å². The van der Waals surface area contributed by atoms with Crippen LogP contribution < -0.4 is 10.0 Å². The van der Waals surface area contributed by atoms with E-state index >= 15 is 0 Å². The summed E-state index contributed by atoms with van der Waals surface area (Å²) in [4.78, 5) is 26.7. The van der Waals surface area contributed by atoms with Crippen LogP contribution in [0.4, 0.5) is 5.69 Å². The van der Waals surface area contributed by atoms with E-state index in [-0.39, 0.29) is 29.2 Å². The monoisotopic (exact) mass is 337 g/mol. The first-order valence-electron chi connectivity index (χ1n) is 6.99. The number of rotatable bonds is 4. The third kappa shape index (κ3) is 3.43. The maximum atomic E-state index is 12.5. The fourth-order valence-corrected chi connectivity index (χ4v) is 3.11. The molecular formula is C15H19N3O4S. The molecule has 0 spiro atoms. The molecule has 0 aliphatic carbocycles. The van der Waals surface area contributed by atoms with Crippen LogP contribution >= 0.6 is 0 Å². The van der Waals surface area contributed by atoms with Gasteiger partial charge in [0.25, 0.3) is 0 Å². The molecule has 1 aromatic rings. The summed E-state index contributed by atoms with van der Waals surface area (Å²) < 4.78 is 23.0. The first-order valence-corrected chi connectivity index (χ1v) is 8.54. The van der Waals surface area contributed by atoms with Crippen LogP contribution in [0.2, 0.25) is 0 Å². The number of benzene rings is 1. The zero-order valence-electron chi connectivity index (χ0n) is 13.0. The number of nitrogens with zero attached hydrogens (tertiary/aromatic N) is 2. The highest BCUT2D eigenvalue weighted by Crippen LogP contribution is 2.37. The van der Waals surface area contributed by atoms with Gasteiger partial charge in [0.2, 0.25) is 21.8 Å². The number of hydrogen-bond donors (Lipinski definition) is 1. The standard InChI is InChI=1S/C15H19N3O4S/c1-4-14(19)17(3)9-15(20)18-8-10(2)12-6-5-11(7-13(12)18)23(16,21)22/h4-7,10H,1,8-9H2,2-3H3,(H2,16,21,22). The van der Waals surface area contributed by atoms with Crippen molar-refractivity contribution in [3.8, 4) is 0 Å². The van der Waals surface area contributed by atoms with Gasteiger partial charge in [0.05, 0.1) is 4.90 Å². The van der Waals surface area contributed by atoms with Crippen LogP contribution in [0.3, 0.4) is 0 Å². The summed E-state index contributed by atoms with van der Waals surface area (Å²) in [6.07, 6.45) is 1.13. The number of amides is 2. The van der Waals surface area contributed by atoms with Gasteiger partial charge in [0.15, 0.2) is 0 Å². The van der Waals surface area contributed by atoms with E-state index in [4.69, 9.17) is 5.14 Å². The van der Waals surface area contributed by atoms with Crippen molar-refractivity contribution in [1.82, 2.24) is 4.90 Å². The van der Waals surface area contributed by atoms with Crippen LogP contribution in [-0.4, -0.2) is 45.3 Å². The Bertz CT molecular complexity index is 773. The lowest BCUT2D eigenvalue weighted by Gasteiger charge is -2.22. The Balaban J connectivity index is 2.33. The van der Waals surface area contributed by atoms with Gasteiger partial charge in [0, 0.05) is 25.2 Å². The second-order valence-corrected chi connectivity index (χ2v) is 7.13. The number of primary sulfonamides is 1. The summed E-state index contributed by atoms with van der Waals surface area (Å²) in [5.74, 6) is -0.576. The smallest absolute Gasteiger partial charge is 0.246 e. The molecule has 1 unspecified atom stereocenters. The Morgan fingerprint density at radius 1 is 1.48 bits per heavy atom. The molecule has 8 heteroatoms. The first kappa shape index (κ1) is 17.2. The van der Waals surface area contributed by atoms with Crippen molar-refractivity contribution in [1.29, 1.82) is 0 Å². The number of anilines is 1. The quantitative estimate of drug-likeness (QED) is 0.805. The van der Waals surface area contributed by atoms with Crippen LogP contribution in [0.25, 0.3) is 0 Å². The van der Waals surface area contributed by atoms with Gasteiger partial charge in [-0.15, -0.1) is 0 Å². The highest BCUT2D eigenvalue weighted by Gasteiger charge is 2.31. The molecule has 0 fully saturated rings. The molecule has 2 rings (SSSR count). The number of carbonyl (C=O) groups is 2. The average Bonchev–Trinajstić information content (AvgIpc) is 2.82. The van der Waals surface area contributed by atoms with Crippen molar-refractivity contribution < 1.29 is 18.0 Å². The number of likely N-dealkylation sites (N-methyl/N-ethyl adjacent to an activating group) is 1. The second kappa shape index (κ2) is 6.13. The van der Waals surface area contributed by atoms with Crippen LogP contribution in [0.15, 0.2) is 35.7 Å². The molecule has 0 aromatic heterocycles. The molecule has 2 amide bonds. The molecule has 1 heterocycles. The van der Waals surface area contributed by atoms with Gasteiger partial charge in [0.1, 0.15) is 6.54 Å². The van der Waals surface area contributed by atoms with E-state index in [0.717, 1.165) is 11.6 Å². The predicted octanol–water partition coefficient (Wildman–Crippen LogP) is 0.429. The van der Waals surface area contributed by atoms with Crippen molar-refractivity contribution in [3.63, 3.8) is 0 Å². The molecule has 124 valence electrons. The highest BCUT2D eigenvalue weighted by molar-refractivity contribution is 7.89. The zero-order chi connectivity index (χ0) is 17.4. The molecular weight excluding hydrogens is 318 g/mol. The summed E-state index contributed by atoms with van der Waals surface area (Å²) in [5.41, 5.74) is 1.40. The van der Waals surface area contributed by atoms with E-state index in [9.17, 15) is 18.0 Å². The largest absolute Gasteiger partial charge is 0.333 e. The maximum absolute atomic E-state index is 12.5. The highest BCUT2D eigenvalue weighted by atomic mass is 32.2. The average molecular weight is 337 g/mol. The Kier molecular flexibility index (Phi) is 4.58. The van der Waals surface area contributed by atoms with Gasteiger partial charge in [-0.2, -0.15) is 0 Å². The first-order chi connectivity index (χ1) is 10.6. The maximum Gasteiger partial charge on any atom is 0.246 e. The third-order valence-corrected chi connectivity index (χ3v) is 4.74. The molecule has 0 radical (unpaired) electrons. The molecule has 0 saturated heterocycles. The van der Waals surface area contributed by atoms with Gasteiger partial charge in [-0.1, -0.05) is 19.6 Å². The minimum absolute atomic E-state index is 0.0429. The third-order valence-electron chi connectivity index (χ3n) is 3.83. The van der Waals surface area contributed by atoms with E-state index < -0.39 is 10.0 Å². The Labute approximate surface area is 135 Å². The summed E-state index contributed by atoms with van der Waals surface area (Å²) >= 11 is 0. The Morgan fingerprint density at radius 3 is 2.70 bits per heavy atom. The predicted molar refractivity (Wildman–Crippen MR) is 86.4 cm³/mol. The van der Waals surface area contributed by atoms with Crippen molar-refractivity contribution in [2.45, 2.75) is 17.7 Å². The van der Waals surface area contributed by atoms with E-state index in [1.165, 1.54) is 29.0 Å². The second-order valence-electron chi connectivity index (χ2n) is 5.57. The van der Waals surface area contributed by atoms with E-state index in [1.807, 2.05) is 6.92 Å². The molecule has 2 N–H and O–H groups in total. The lowest BCUT2D eigenvalue weighted by Crippen LogP contribution is -2.40. The molecule has 0 saturated carbocycles. The number of carbonyl (C=O) groups excluding carboxylic acids is 2. The summed E-state index contributed by atoms with van der Waals surface area (Å²) in [6, 6.07) is 4.51. The number of fused-ring (bicyclic) bond motifs is 1. The lowest BCUT2D eigenvalue weighted by atomic mass is 10.0. The fraction of sp³-hybridized carbons (Fsp3) is 0.333. The molecule has 23 heavy (non-hydrogen) atoms. The van der Waals surface area contributed by atoms with Crippen molar-refractivity contribution in [2.75, 3.05) is 25.0 Å².